The third-order valence-electron chi connectivity index (χ3n) is 7.69. The summed E-state index contributed by atoms with van der Waals surface area (Å²) in [5, 5.41) is 14.9. The number of aromatic amines is 1. The van der Waals surface area contributed by atoms with Crippen LogP contribution in [0.3, 0.4) is 0 Å². The van der Waals surface area contributed by atoms with Crippen LogP contribution in [0.15, 0.2) is 66.1 Å². The Hall–Kier alpha value is -3.83. The van der Waals surface area contributed by atoms with Crippen molar-refractivity contribution in [1.82, 2.24) is 25.2 Å². The van der Waals surface area contributed by atoms with Gasteiger partial charge in [0.1, 0.15) is 5.65 Å². The maximum absolute atomic E-state index is 15.1. The first-order chi connectivity index (χ1) is 20.7. The minimum absolute atomic E-state index is 0.0228. The van der Waals surface area contributed by atoms with E-state index in [-0.39, 0.29) is 23.1 Å². The Bertz CT molecular complexity index is 1670. The molecule has 9 nitrogen and oxygen atoms in total. The Labute approximate surface area is 254 Å². The largest absolute Gasteiger partial charge is 0.378 e. The van der Waals surface area contributed by atoms with Crippen LogP contribution in [0, 0.1) is 11.2 Å². The molecule has 0 aliphatic carbocycles. The number of aromatic nitrogens is 3. The molecule has 3 heterocycles. The van der Waals surface area contributed by atoms with Gasteiger partial charge in [-0.3, -0.25) is 9.98 Å². The number of nitrogens with one attached hydrogen (secondary N) is 4. The van der Waals surface area contributed by atoms with Gasteiger partial charge in [-0.25, -0.2) is 9.18 Å². The average Bonchev–Trinajstić information content (AvgIpc) is 3.41. The lowest BCUT2D eigenvalue weighted by Crippen LogP contribution is -2.45. The number of nitrogens with zero attached hydrogens (tertiary/aromatic N) is 2. The van der Waals surface area contributed by atoms with Gasteiger partial charge in [0.25, 0.3) is 0 Å². The Morgan fingerprint density at radius 2 is 2.12 bits per heavy atom. The minimum Gasteiger partial charge on any atom is -0.378 e. The van der Waals surface area contributed by atoms with Gasteiger partial charge in [0, 0.05) is 35.8 Å². The van der Waals surface area contributed by atoms with Gasteiger partial charge in [0.2, 0.25) is 0 Å². The molecule has 43 heavy (non-hydrogen) atoms. The number of ether oxygens (including phenoxy) is 1. The summed E-state index contributed by atoms with van der Waals surface area (Å²) in [6.07, 6.45) is 6.54. The molecule has 0 saturated carbocycles. The molecule has 1 aliphatic heterocycles. The van der Waals surface area contributed by atoms with E-state index < -0.39 is 11.5 Å². The molecular formula is C32H37ClFN7O2. The van der Waals surface area contributed by atoms with E-state index in [4.69, 9.17) is 27.5 Å². The van der Waals surface area contributed by atoms with Gasteiger partial charge in [-0.15, -0.1) is 6.58 Å². The molecule has 0 spiro atoms. The lowest BCUT2D eigenvalue weighted by molar-refractivity contribution is 0.0431. The van der Waals surface area contributed by atoms with Crippen molar-refractivity contribution >= 4 is 28.5 Å². The smallest absolute Gasteiger partial charge is 0.354 e. The maximum atomic E-state index is 15.1. The molecule has 11 heteroatoms. The summed E-state index contributed by atoms with van der Waals surface area (Å²) in [7, 11) is 0. The highest BCUT2D eigenvalue weighted by molar-refractivity contribution is 6.31. The van der Waals surface area contributed by atoms with Crippen molar-refractivity contribution < 1.29 is 9.13 Å². The number of fused-ring (bicyclic) bond motifs is 1. The molecule has 1 aliphatic rings. The van der Waals surface area contributed by atoms with Gasteiger partial charge in [0.15, 0.2) is 5.82 Å². The summed E-state index contributed by atoms with van der Waals surface area (Å²) >= 11 is 6.25. The number of rotatable bonds is 11. The monoisotopic (exact) mass is 605 g/mol. The molecule has 3 atom stereocenters. The molecule has 4 aromatic rings. The SMILES string of the molecule is C=C[C@@H](N)CCCc1cc(Cl)c(F)c(-c2cc3cn(-c4ccc([C@@H]5COC[C@@H](CCNC(C)=N)N5)cc4)c(=O)nc3[nH]2)c1. The van der Waals surface area contributed by atoms with Crippen LogP contribution in [0.25, 0.3) is 28.0 Å². The zero-order valence-corrected chi connectivity index (χ0v) is 24.9. The van der Waals surface area contributed by atoms with Crippen molar-refractivity contribution in [1.29, 1.82) is 5.41 Å². The fraction of sp³-hybridized carbons (Fsp3) is 0.344. The van der Waals surface area contributed by atoms with Crippen molar-refractivity contribution in [3.05, 3.63) is 93.8 Å². The topological polar surface area (TPSA) is 134 Å². The van der Waals surface area contributed by atoms with Crippen molar-refractivity contribution in [2.45, 2.75) is 50.7 Å². The summed E-state index contributed by atoms with van der Waals surface area (Å²) in [5.74, 6) is -0.0842. The first-order valence-corrected chi connectivity index (χ1v) is 14.8. The Balaban J connectivity index is 1.34. The van der Waals surface area contributed by atoms with Gasteiger partial charge in [0.05, 0.1) is 41.5 Å². The molecule has 1 saturated heterocycles. The predicted octanol–water partition coefficient (Wildman–Crippen LogP) is 5.02. The van der Waals surface area contributed by atoms with Crippen molar-refractivity contribution in [2.75, 3.05) is 19.8 Å². The van der Waals surface area contributed by atoms with E-state index in [1.54, 1.807) is 37.4 Å². The Kier molecular flexibility index (Phi) is 9.72. The maximum Gasteiger partial charge on any atom is 0.354 e. The van der Waals surface area contributed by atoms with E-state index in [1.807, 2.05) is 24.3 Å². The van der Waals surface area contributed by atoms with Crippen molar-refractivity contribution in [2.24, 2.45) is 5.73 Å². The third kappa shape index (κ3) is 7.40. The van der Waals surface area contributed by atoms with Gasteiger partial charge in [-0.2, -0.15) is 4.98 Å². The van der Waals surface area contributed by atoms with Crippen molar-refractivity contribution in [3.63, 3.8) is 0 Å². The van der Waals surface area contributed by atoms with Crippen LogP contribution in [0.2, 0.25) is 5.02 Å². The van der Waals surface area contributed by atoms with E-state index in [0.717, 1.165) is 30.4 Å². The molecule has 226 valence electrons. The van der Waals surface area contributed by atoms with Crippen LogP contribution < -0.4 is 22.1 Å². The van der Waals surface area contributed by atoms with Gasteiger partial charge in [-0.05, 0) is 74.1 Å². The van der Waals surface area contributed by atoms with Gasteiger partial charge >= 0.3 is 5.69 Å². The molecule has 2 aromatic carbocycles. The van der Waals surface area contributed by atoms with E-state index in [9.17, 15) is 4.79 Å². The van der Waals surface area contributed by atoms with Gasteiger partial charge in [-0.1, -0.05) is 29.8 Å². The van der Waals surface area contributed by atoms with E-state index in [2.05, 4.69) is 27.2 Å². The number of amidine groups is 1. The number of benzene rings is 2. The summed E-state index contributed by atoms with van der Waals surface area (Å²) in [6.45, 7) is 7.32. The van der Waals surface area contributed by atoms with E-state index in [0.29, 0.717) is 60.0 Å². The molecule has 0 amide bonds. The molecule has 0 unspecified atom stereocenters. The number of halogens is 2. The third-order valence-corrected chi connectivity index (χ3v) is 7.96. The lowest BCUT2D eigenvalue weighted by atomic mass is 10.0. The van der Waals surface area contributed by atoms with Crippen LogP contribution in [-0.4, -0.2) is 52.2 Å². The number of aryl methyl sites for hydroxylation is 1. The number of hydrogen-bond acceptors (Lipinski definition) is 6. The Morgan fingerprint density at radius 3 is 2.86 bits per heavy atom. The predicted molar refractivity (Wildman–Crippen MR) is 170 cm³/mol. The second-order valence-corrected chi connectivity index (χ2v) is 11.4. The highest BCUT2D eigenvalue weighted by atomic mass is 35.5. The highest BCUT2D eigenvalue weighted by Crippen LogP contribution is 2.31. The standard InChI is InChI=1S/C32H37ClFN7O2/c1-3-23(36)6-4-5-20-13-26(30(34)27(33)14-20)28-15-22-16-41(32(42)40-31(22)39-28)25-9-7-21(8-10-25)29-18-43-17-24(38-29)11-12-37-19(2)35/h3,7-10,13-16,23-24,29,38H,1,4-6,11-12,17-18,36H2,2H3,(H2,35,37)(H,39,40,42)/t23-,24-,29+/m1/s1. The molecular weight excluding hydrogens is 569 g/mol. The molecule has 0 radical (unpaired) electrons. The first-order valence-electron chi connectivity index (χ1n) is 14.4. The number of nitrogens with two attached hydrogens (primary N) is 1. The number of hydrogen-bond donors (Lipinski definition) is 5. The second kappa shape index (κ2) is 13.6. The van der Waals surface area contributed by atoms with E-state index >= 15 is 4.39 Å². The molecule has 5 rings (SSSR count). The summed E-state index contributed by atoms with van der Waals surface area (Å²) < 4.78 is 22.4. The molecule has 1 fully saturated rings. The quantitative estimate of drug-likeness (QED) is 0.0926. The van der Waals surface area contributed by atoms with Crippen LogP contribution in [-0.2, 0) is 11.2 Å². The number of morpholine rings is 1. The van der Waals surface area contributed by atoms with Crippen LogP contribution in [0.1, 0.15) is 43.4 Å². The average molecular weight is 606 g/mol. The summed E-state index contributed by atoms with van der Waals surface area (Å²) in [4.78, 5) is 20.3. The molecule has 6 N–H and O–H groups in total. The van der Waals surface area contributed by atoms with E-state index in [1.165, 1.54) is 4.57 Å². The molecule has 2 aromatic heterocycles. The van der Waals surface area contributed by atoms with Crippen molar-refractivity contribution in [3.8, 4) is 16.9 Å². The minimum atomic E-state index is -0.533. The fourth-order valence-electron chi connectivity index (χ4n) is 5.34. The van der Waals surface area contributed by atoms with Crippen LogP contribution >= 0.6 is 11.6 Å². The zero-order chi connectivity index (χ0) is 30.5. The zero-order valence-electron chi connectivity index (χ0n) is 24.1. The van der Waals surface area contributed by atoms with Gasteiger partial charge < -0.3 is 26.1 Å². The Morgan fingerprint density at radius 1 is 1.33 bits per heavy atom. The fourth-order valence-corrected chi connectivity index (χ4v) is 5.58. The van der Waals surface area contributed by atoms with Crippen LogP contribution in [0.5, 0.6) is 0 Å². The second-order valence-electron chi connectivity index (χ2n) is 11.0. The lowest BCUT2D eigenvalue weighted by Gasteiger charge is -2.31. The normalized spacial score (nSPS) is 17.6. The first kappa shape index (κ1) is 30.6. The summed E-state index contributed by atoms with van der Waals surface area (Å²) in [6, 6.07) is 13.0. The number of H-pyrrole nitrogens is 1. The summed E-state index contributed by atoms with van der Waals surface area (Å²) in [5.41, 5.74) is 9.27. The molecule has 0 bridgehead atoms. The highest BCUT2D eigenvalue weighted by Gasteiger charge is 2.23. The van der Waals surface area contributed by atoms with Crippen LogP contribution in [0.4, 0.5) is 4.39 Å².